The molecule has 3 unspecified atom stereocenters. The second-order valence-corrected chi connectivity index (χ2v) is 6.50. The highest BCUT2D eigenvalue weighted by atomic mass is 32.2. The number of hydrogen-bond donors (Lipinski definition) is 0. The van der Waals surface area contributed by atoms with Crippen LogP contribution in [0, 0.1) is 11.3 Å². The Kier molecular flexibility index (Phi) is 5.03. The molecule has 0 aliphatic carbocycles. The highest BCUT2D eigenvalue weighted by Gasteiger charge is 2.37. The third-order valence-corrected chi connectivity index (χ3v) is 5.58. The number of piperidine rings is 1. The average molecular weight is 271 g/mol. The van der Waals surface area contributed by atoms with Crippen LogP contribution < -0.4 is 0 Å². The van der Waals surface area contributed by atoms with Crippen molar-refractivity contribution in [3.8, 4) is 6.07 Å². The summed E-state index contributed by atoms with van der Waals surface area (Å²) in [5.41, 5.74) is 0. The molecule has 1 saturated heterocycles. The maximum absolute atomic E-state index is 12.2. The summed E-state index contributed by atoms with van der Waals surface area (Å²) in [5.74, 6) is 0. The standard InChI is InChI=1S/C11H17N3O3S/c1-3-11(7-12)18(16,17)14-5-4-10(13-8-15)6-9(14)2/h9-11H,3-6H2,1-2H3. The maximum atomic E-state index is 12.2. The zero-order valence-electron chi connectivity index (χ0n) is 10.5. The molecule has 1 heterocycles. The molecule has 0 radical (unpaired) electrons. The lowest BCUT2D eigenvalue weighted by molar-refractivity contribution is 0.246. The summed E-state index contributed by atoms with van der Waals surface area (Å²) in [7, 11) is -3.58. The van der Waals surface area contributed by atoms with Gasteiger partial charge in [0.05, 0.1) is 12.1 Å². The van der Waals surface area contributed by atoms with E-state index in [2.05, 4.69) is 4.99 Å². The molecule has 6 nitrogen and oxygen atoms in total. The molecule has 0 saturated carbocycles. The molecule has 0 amide bonds. The molecule has 7 heteroatoms. The Hall–Kier alpha value is -1.22. The molecule has 0 aromatic heterocycles. The molecular weight excluding hydrogens is 254 g/mol. The topological polar surface area (TPSA) is 90.6 Å². The normalized spacial score (nSPS) is 26.9. The molecule has 1 aliphatic heterocycles. The van der Waals surface area contributed by atoms with E-state index >= 15 is 0 Å². The van der Waals surface area contributed by atoms with E-state index in [4.69, 9.17) is 5.26 Å². The van der Waals surface area contributed by atoms with Crippen molar-refractivity contribution in [2.45, 2.75) is 50.4 Å². The highest BCUT2D eigenvalue weighted by molar-refractivity contribution is 7.90. The molecule has 100 valence electrons. The van der Waals surface area contributed by atoms with Crippen molar-refractivity contribution < 1.29 is 13.2 Å². The molecule has 18 heavy (non-hydrogen) atoms. The van der Waals surface area contributed by atoms with Crippen LogP contribution in [-0.4, -0.2) is 42.7 Å². The minimum atomic E-state index is -3.58. The number of nitriles is 1. The van der Waals surface area contributed by atoms with Crippen LogP contribution in [0.25, 0.3) is 0 Å². The lowest BCUT2D eigenvalue weighted by atomic mass is 10.0. The number of hydrogen-bond acceptors (Lipinski definition) is 5. The van der Waals surface area contributed by atoms with Crippen LogP contribution in [-0.2, 0) is 14.8 Å². The Bertz CT molecular complexity index is 476. The van der Waals surface area contributed by atoms with E-state index < -0.39 is 15.3 Å². The zero-order valence-corrected chi connectivity index (χ0v) is 11.4. The zero-order chi connectivity index (χ0) is 13.8. The molecule has 1 fully saturated rings. The van der Waals surface area contributed by atoms with Crippen molar-refractivity contribution in [2.75, 3.05) is 6.54 Å². The summed E-state index contributed by atoms with van der Waals surface area (Å²) in [6, 6.07) is 1.43. The van der Waals surface area contributed by atoms with Gasteiger partial charge in [-0.05, 0) is 26.2 Å². The minimum absolute atomic E-state index is 0.161. The predicted molar refractivity (Wildman–Crippen MR) is 65.9 cm³/mol. The van der Waals surface area contributed by atoms with E-state index in [9.17, 15) is 13.2 Å². The summed E-state index contributed by atoms with van der Waals surface area (Å²) < 4.78 is 25.8. The van der Waals surface area contributed by atoms with Crippen LogP contribution in [0.1, 0.15) is 33.1 Å². The second-order valence-electron chi connectivity index (χ2n) is 4.43. The van der Waals surface area contributed by atoms with Crippen LogP contribution in [0.4, 0.5) is 0 Å². The van der Waals surface area contributed by atoms with Gasteiger partial charge in [0.2, 0.25) is 16.1 Å². The summed E-state index contributed by atoms with van der Waals surface area (Å²) >= 11 is 0. The second kappa shape index (κ2) is 6.10. The third-order valence-electron chi connectivity index (χ3n) is 3.22. The Balaban J connectivity index is 2.87. The molecule has 0 aromatic rings. The van der Waals surface area contributed by atoms with Gasteiger partial charge in [-0.3, -0.25) is 0 Å². The summed E-state index contributed by atoms with van der Waals surface area (Å²) in [6.45, 7) is 3.76. The van der Waals surface area contributed by atoms with E-state index in [1.165, 1.54) is 10.4 Å². The van der Waals surface area contributed by atoms with Crippen LogP contribution in [0.3, 0.4) is 0 Å². The van der Waals surface area contributed by atoms with Gasteiger partial charge in [0.15, 0.2) is 5.25 Å². The summed E-state index contributed by atoms with van der Waals surface area (Å²) in [4.78, 5) is 13.8. The Labute approximate surface area is 107 Å². The fourth-order valence-corrected chi connectivity index (χ4v) is 4.06. The van der Waals surface area contributed by atoms with Gasteiger partial charge in [0.1, 0.15) is 0 Å². The Morgan fingerprint density at radius 3 is 2.67 bits per heavy atom. The largest absolute Gasteiger partial charge is 0.235 e. The van der Waals surface area contributed by atoms with Crippen molar-refractivity contribution in [2.24, 2.45) is 4.99 Å². The van der Waals surface area contributed by atoms with E-state index in [1.54, 1.807) is 13.8 Å². The highest BCUT2D eigenvalue weighted by Crippen LogP contribution is 2.25. The number of aliphatic imine (C=N–C) groups is 1. The molecule has 1 rings (SSSR count). The fourth-order valence-electron chi connectivity index (χ4n) is 2.23. The minimum Gasteiger partial charge on any atom is -0.211 e. The molecule has 0 bridgehead atoms. The Morgan fingerprint density at radius 1 is 1.56 bits per heavy atom. The first-order valence-corrected chi connectivity index (χ1v) is 7.44. The van der Waals surface area contributed by atoms with Crippen molar-refractivity contribution in [1.29, 1.82) is 5.26 Å². The lowest BCUT2D eigenvalue weighted by Gasteiger charge is -2.35. The summed E-state index contributed by atoms with van der Waals surface area (Å²) in [6.07, 6.45) is 2.78. The van der Waals surface area contributed by atoms with Gasteiger partial charge in [-0.25, -0.2) is 18.2 Å². The average Bonchev–Trinajstić information content (AvgIpc) is 2.30. The van der Waals surface area contributed by atoms with Crippen LogP contribution in [0.2, 0.25) is 0 Å². The number of nitrogens with zero attached hydrogens (tertiary/aromatic N) is 3. The van der Waals surface area contributed by atoms with Gasteiger partial charge in [-0.1, -0.05) is 6.92 Å². The van der Waals surface area contributed by atoms with Crippen LogP contribution in [0.5, 0.6) is 0 Å². The van der Waals surface area contributed by atoms with Gasteiger partial charge in [-0.15, -0.1) is 0 Å². The third kappa shape index (κ3) is 2.96. The SMILES string of the molecule is CCC(C#N)S(=O)(=O)N1CCC(N=C=O)CC1C. The first-order chi connectivity index (χ1) is 8.47. The fraction of sp³-hybridized carbons (Fsp3) is 0.818. The Morgan fingerprint density at radius 2 is 2.22 bits per heavy atom. The maximum Gasteiger partial charge on any atom is 0.235 e. The van der Waals surface area contributed by atoms with Crippen molar-refractivity contribution >= 4 is 16.1 Å². The summed E-state index contributed by atoms with van der Waals surface area (Å²) in [5, 5.41) is 7.89. The van der Waals surface area contributed by atoms with Gasteiger partial charge in [0.25, 0.3) is 0 Å². The number of isocyanates is 1. The van der Waals surface area contributed by atoms with Crippen LogP contribution >= 0.6 is 0 Å². The molecule has 0 spiro atoms. The van der Waals surface area contributed by atoms with Crippen LogP contribution in [0.15, 0.2) is 4.99 Å². The molecule has 1 aliphatic rings. The number of sulfonamides is 1. The quantitative estimate of drug-likeness (QED) is 0.559. The van der Waals surface area contributed by atoms with Crippen molar-refractivity contribution in [3.05, 3.63) is 0 Å². The number of carbonyl (C=O) groups excluding carboxylic acids is 1. The number of rotatable bonds is 4. The monoisotopic (exact) mass is 271 g/mol. The lowest BCUT2D eigenvalue weighted by Crippen LogP contribution is -2.48. The molecule has 0 N–H and O–H groups in total. The van der Waals surface area contributed by atoms with E-state index in [0.29, 0.717) is 19.4 Å². The van der Waals surface area contributed by atoms with Gasteiger partial charge in [0, 0.05) is 12.6 Å². The smallest absolute Gasteiger partial charge is 0.211 e. The van der Waals surface area contributed by atoms with E-state index in [1.807, 2.05) is 6.07 Å². The van der Waals surface area contributed by atoms with Gasteiger partial charge < -0.3 is 0 Å². The molecule has 3 atom stereocenters. The van der Waals surface area contributed by atoms with Crippen molar-refractivity contribution in [3.63, 3.8) is 0 Å². The molecular formula is C11H17N3O3S. The van der Waals surface area contributed by atoms with Crippen molar-refractivity contribution in [1.82, 2.24) is 4.31 Å². The van der Waals surface area contributed by atoms with Gasteiger partial charge in [-0.2, -0.15) is 9.57 Å². The van der Waals surface area contributed by atoms with E-state index in [-0.39, 0.29) is 18.5 Å². The first-order valence-electron chi connectivity index (χ1n) is 5.94. The predicted octanol–water partition coefficient (Wildman–Crippen LogP) is 0.807. The van der Waals surface area contributed by atoms with E-state index in [0.717, 1.165) is 0 Å². The van der Waals surface area contributed by atoms with Gasteiger partial charge >= 0.3 is 0 Å². The first kappa shape index (κ1) is 14.8. The molecule has 0 aromatic carbocycles.